The average molecular weight is 284 g/mol. The first kappa shape index (κ1) is 16.6. The second-order valence-electron chi connectivity index (χ2n) is 5.24. The fourth-order valence-electron chi connectivity index (χ4n) is 2.20. The van der Waals surface area contributed by atoms with Crippen molar-refractivity contribution in [3.8, 4) is 0 Å². The molecule has 1 N–H and O–H groups in total. The number of hydrogen-bond acceptors (Lipinski definition) is 4. The van der Waals surface area contributed by atoms with Gasteiger partial charge in [0.05, 0.1) is 0 Å². The highest BCUT2D eigenvalue weighted by atomic mass is 32.1. The number of ether oxygens (including phenoxy) is 1. The largest absolute Gasteiger partial charge is 0.385 e. The van der Waals surface area contributed by atoms with Gasteiger partial charge in [-0.25, -0.2) is 0 Å². The van der Waals surface area contributed by atoms with Gasteiger partial charge < -0.3 is 10.1 Å². The van der Waals surface area contributed by atoms with E-state index in [1.807, 2.05) is 11.3 Å². The van der Waals surface area contributed by atoms with Gasteiger partial charge in [0.2, 0.25) is 0 Å². The number of methoxy groups -OCH3 is 1. The molecule has 0 saturated carbocycles. The maximum absolute atomic E-state index is 5.06. The maximum Gasteiger partial charge on any atom is 0.0474 e. The molecule has 0 aliphatic carbocycles. The van der Waals surface area contributed by atoms with Crippen molar-refractivity contribution in [3.05, 3.63) is 22.4 Å². The summed E-state index contributed by atoms with van der Waals surface area (Å²) < 4.78 is 5.06. The Balaban J connectivity index is 2.34. The fourth-order valence-corrected chi connectivity index (χ4v) is 2.91. The molecule has 0 aliphatic heterocycles. The van der Waals surface area contributed by atoms with Crippen LogP contribution in [0.5, 0.6) is 0 Å². The molecule has 0 saturated heterocycles. The van der Waals surface area contributed by atoms with E-state index in [1.165, 1.54) is 4.88 Å². The Morgan fingerprint density at radius 1 is 1.37 bits per heavy atom. The highest BCUT2D eigenvalue weighted by Crippen LogP contribution is 2.16. The summed E-state index contributed by atoms with van der Waals surface area (Å²) in [7, 11) is 1.75. The van der Waals surface area contributed by atoms with Crippen LogP contribution in [0.4, 0.5) is 0 Å². The summed E-state index contributed by atoms with van der Waals surface area (Å²) in [4.78, 5) is 4.00. The zero-order chi connectivity index (χ0) is 14.1. The van der Waals surface area contributed by atoms with Crippen LogP contribution in [-0.2, 0) is 11.3 Å². The Hall–Kier alpha value is -0.420. The Bertz CT molecular complexity index is 314. The molecule has 19 heavy (non-hydrogen) atoms. The second-order valence-corrected chi connectivity index (χ2v) is 6.28. The third-order valence-corrected chi connectivity index (χ3v) is 4.15. The van der Waals surface area contributed by atoms with Crippen LogP contribution in [0.25, 0.3) is 0 Å². The molecule has 1 aromatic heterocycles. The maximum atomic E-state index is 5.06. The summed E-state index contributed by atoms with van der Waals surface area (Å²) in [5.41, 5.74) is 0. The molecule has 0 aliphatic rings. The quantitative estimate of drug-likeness (QED) is 0.669. The van der Waals surface area contributed by atoms with Gasteiger partial charge in [-0.3, -0.25) is 4.90 Å². The van der Waals surface area contributed by atoms with Gasteiger partial charge >= 0.3 is 0 Å². The van der Waals surface area contributed by atoms with Crippen LogP contribution in [0.2, 0.25) is 0 Å². The van der Waals surface area contributed by atoms with E-state index >= 15 is 0 Å². The predicted octanol–water partition coefficient (Wildman–Crippen LogP) is 2.97. The fraction of sp³-hybridized carbons (Fsp3) is 0.733. The van der Waals surface area contributed by atoms with Crippen molar-refractivity contribution >= 4 is 11.3 Å². The Kier molecular flexibility index (Phi) is 8.30. The molecule has 1 atom stereocenters. The lowest BCUT2D eigenvalue weighted by molar-refractivity contribution is 0.151. The van der Waals surface area contributed by atoms with E-state index in [-0.39, 0.29) is 0 Å². The lowest BCUT2D eigenvalue weighted by atomic mass is 10.2. The predicted molar refractivity (Wildman–Crippen MR) is 83.8 cm³/mol. The first-order valence-electron chi connectivity index (χ1n) is 7.13. The number of rotatable bonds is 10. The summed E-state index contributed by atoms with van der Waals surface area (Å²) in [5, 5.41) is 5.67. The Morgan fingerprint density at radius 3 is 2.74 bits per heavy atom. The highest BCUT2D eigenvalue weighted by molar-refractivity contribution is 7.09. The lowest BCUT2D eigenvalue weighted by Gasteiger charge is -2.32. The van der Waals surface area contributed by atoms with Gasteiger partial charge in [-0.1, -0.05) is 6.07 Å². The summed E-state index contributed by atoms with van der Waals surface area (Å²) in [6.45, 7) is 10.8. The van der Waals surface area contributed by atoms with E-state index in [9.17, 15) is 0 Å². The van der Waals surface area contributed by atoms with E-state index < -0.39 is 0 Å². The molecular formula is C15H28N2OS. The van der Waals surface area contributed by atoms with Crippen LogP contribution in [-0.4, -0.2) is 43.8 Å². The van der Waals surface area contributed by atoms with Crippen LogP contribution in [0.1, 0.15) is 32.1 Å². The summed E-state index contributed by atoms with van der Waals surface area (Å²) in [5.74, 6) is 0. The van der Waals surface area contributed by atoms with Crippen molar-refractivity contribution in [1.29, 1.82) is 0 Å². The number of nitrogens with zero attached hydrogens (tertiary/aromatic N) is 1. The van der Waals surface area contributed by atoms with Crippen molar-refractivity contribution in [2.45, 2.75) is 45.8 Å². The molecule has 1 heterocycles. The zero-order valence-electron chi connectivity index (χ0n) is 12.7. The van der Waals surface area contributed by atoms with Gasteiger partial charge in [-0.05, 0) is 45.2 Å². The molecule has 0 amide bonds. The zero-order valence-corrected chi connectivity index (χ0v) is 13.5. The minimum Gasteiger partial charge on any atom is -0.385 e. The topological polar surface area (TPSA) is 24.5 Å². The van der Waals surface area contributed by atoms with Gasteiger partial charge in [-0.15, -0.1) is 11.3 Å². The molecule has 1 unspecified atom stereocenters. The average Bonchev–Trinajstić information content (AvgIpc) is 2.88. The third kappa shape index (κ3) is 6.52. The van der Waals surface area contributed by atoms with Crippen LogP contribution < -0.4 is 5.32 Å². The summed E-state index contributed by atoms with van der Waals surface area (Å²) in [6.07, 6.45) is 1.08. The van der Waals surface area contributed by atoms with Crippen LogP contribution >= 0.6 is 11.3 Å². The molecular weight excluding hydrogens is 256 g/mol. The molecule has 0 fully saturated rings. The molecule has 4 heteroatoms. The number of hydrogen-bond donors (Lipinski definition) is 1. The molecule has 110 valence electrons. The lowest BCUT2D eigenvalue weighted by Crippen LogP contribution is -2.43. The van der Waals surface area contributed by atoms with E-state index in [4.69, 9.17) is 4.74 Å². The van der Waals surface area contributed by atoms with Crippen molar-refractivity contribution in [1.82, 2.24) is 10.2 Å². The number of nitrogens with one attached hydrogen (secondary N) is 1. The minimum atomic E-state index is 0.546. The monoisotopic (exact) mass is 284 g/mol. The number of thiophene rings is 1. The highest BCUT2D eigenvalue weighted by Gasteiger charge is 2.17. The van der Waals surface area contributed by atoms with E-state index in [0.29, 0.717) is 12.1 Å². The van der Waals surface area contributed by atoms with Crippen molar-refractivity contribution in [2.75, 3.05) is 26.8 Å². The van der Waals surface area contributed by atoms with Crippen molar-refractivity contribution < 1.29 is 4.74 Å². The smallest absolute Gasteiger partial charge is 0.0474 e. The normalized spacial score (nSPS) is 13.4. The van der Waals surface area contributed by atoms with Crippen molar-refractivity contribution in [2.24, 2.45) is 0 Å². The van der Waals surface area contributed by atoms with Gasteiger partial charge in [0.15, 0.2) is 0 Å². The Labute approximate surface area is 122 Å². The molecule has 0 radical (unpaired) electrons. The Morgan fingerprint density at radius 2 is 2.16 bits per heavy atom. The van der Waals surface area contributed by atoms with Crippen LogP contribution in [0.3, 0.4) is 0 Å². The van der Waals surface area contributed by atoms with Gasteiger partial charge in [0.25, 0.3) is 0 Å². The first-order valence-corrected chi connectivity index (χ1v) is 8.01. The molecule has 3 nitrogen and oxygen atoms in total. The molecule has 1 rings (SSSR count). The van der Waals surface area contributed by atoms with Crippen LogP contribution in [0, 0.1) is 0 Å². The molecule has 0 spiro atoms. The van der Waals surface area contributed by atoms with Gasteiger partial charge in [0, 0.05) is 43.8 Å². The van der Waals surface area contributed by atoms with Gasteiger partial charge in [-0.2, -0.15) is 0 Å². The van der Waals surface area contributed by atoms with Gasteiger partial charge in [0.1, 0.15) is 0 Å². The first-order chi connectivity index (χ1) is 9.15. The van der Waals surface area contributed by atoms with E-state index in [2.05, 4.69) is 48.5 Å². The van der Waals surface area contributed by atoms with Crippen molar-refractivity contribution in [3.63, 3.8) is 0 Å². The molecule has 1 aromatic rings. The minimum absolute atomic E-state index is 0.546. The van der Waals surface area contributed by atoms with Crippen LogP contribution in [0.15, 0.2) is 17.5 Å². The second kappa shape index (κ2) is 9.48. The summed E-state index contributed by atoms with van der Waals surface area (Å²) >= 11 is 1.84. The standard InChI is InChI=1S/C15H28N2OS/c1-13(2)17(12-15-7-5-10-19-15)14(3)11-16-8-6-9-18-4/h5,7,10,13-14,16H,6,8-9,11-12H2,1-4H3. The van der Waals surface area contributed by atoms with E-state index in [0.717, 1.165) is 32.7 Å². The molecule has 0 aromatic carbocycles. The van der Waals surface area contributed by atoms with E-state index in [1.54, 1.807) is 7.11 Å². The SMILES string of the molecule is COCCCNCC(C)N(Cc1cccs1)C(C)C. The summed E-state index contributed by atoms with van der Waals surface area (Å²) in [6, 6.07) is 5.47. The molecule has 0 bridgehead atoms. The third-order valence-electron chi connectivity index (χ3n) is 3.29.